The third-order valence-electron chi connectivity index (χ3n) is 3.39. The van der Waals surface area contributed by atoms with Crippen LogP contribution in [0.15, 0.2) is 24.3 Å². The number of phenols is 1. The molecule has 0 aliphatic rings. The summed E-state index contributed by atoms with van der Waals surface area (Å²) in [5.74, 6) is 2.88. The molecule has 3 N–H and O–H groups in total. The summed E-state index contributed by atoms with van der Waals surface area (Å²) in [5.41, 5.74) is 2.21. The first-order valence-electron chi connectivity index (χ1n) is 7.21. The van der Waals surface area contributed by atoms with Gasteiger partial charge in [-0.05, 0) is 31.0 Å². The van der Waals surface area contributed by atoms with Crippen molar-refractivity contribution in [2.75, 3.05) is 24.2 Å². The minimum Gasteiger partial charge on any atom is -0.508 e. The van der Waals surface area contributed by atoms with Gasteiger partial charge in [-0.3, -0.25) is 0 Å². The van der Waals surface area contributed by atoms with Gasteiger partial charge in [0, 0.05) is 25.6 Å². The molecule has 1 heterocycles. The van der Waals surface area contributed by atoms with Gasteiger partial charge in [0.25, 0.3) is 0 Å². The third-order valence-corrected chi connectivity index (χ3v) is 3.39. The van der Waals surface area contributed by atoms with Gasteiger partial charge >= 0.3 is 0 Å². The Balaban J connectivity index is 2.03. The SMILES string of the molecule is CCc1nc(NC)c(C)c(NCCc2ccc(O)cc2)n1. The summed E-state index contributed by atoms with van der Waals surface area (Å²) in [4.78, 5) is 9.00. The Morgan fingerprint density at radius 2 is 1.76 bits per heavy atom. The van der Waals surface area contributed by atoms with E-state index in [0.29, 0.717) is 5.75 Å². The number of rotatable bonds is 6. The fourth-order valence-electron chi connectivity index (χ4n) is 2.12. The normalized spacial score (nSPS) is 10.4. The van der Waals surface area contributed by atoms with Crippen molar-refractivity contribution in [1.29, 1.82) is 0 Å². The van der Waals surface area contributed by atoms with Crippen LogP contribution in [0.5, 0.6) is 5.75 Å². The van der Waals surface area contributed by atoms with Crippen LogP contribution in [0.1, 0.15) is 23.9 Å². The fraction of sp³-hybridized carbons (Fsp3) is 0.375. The molecule has 112 valence electrons. The first kappa shape index (κ1) is 15.1. The summed E-state index contributed by atoms with van der Waals surface area (Å²) < 4.78 is 0. The molecule has 0 fully saturated rings. The highest BCUT2D eigenvalue weighted by Gasteiger charge is 2.08. The molecule has 0 radical (unpaired) electrons. The number of phenolic OH excluding ortho intramolecular Hbond substituents is 1. The number of nitrogens with zero attached hydrogens (tertiary/aromatic N) is 2. The summed E-state index contributed by atoms with van der Waals surface area (Å²) in [5, 5.41) is 15.7. The number of aryl methyl sites for hydroxylation is 1. The average Bonchev–Trinajstić information content (AvgIpc) is 2.51. The maximum absolute atomic E-state index is 9.27. The van der Waals surface area contributed by atoms with Crippen LogP contribution in [-0.2, 0) is 12.8 Å². The van der Waals surface area contributed by atoms with Crippen LogP contribution in [0.4, 0.5) is 11.6 Å². The van der Waals surface area contributed by atoms with E-state index < -0.39 is 0 Å². The monoisotopic (exact) mass is 286 g/mol. The molecule has 0 saturated carbocycles. The molecule has 1 aromatic heterocycles. The van der Waals surface area contributed by atoms with Crippen LogP contribution in [0.2, 0.25) is 0 Å². The molecule has 0 aliphatic carbocycles. The molecule has 0 amide bonds. The number of nitrogens with one attached hydrogen (secondary N) is 2. The molecule has 5 heteroatoms. The van der Waals surface area contributed by atoms with Crippen molar-refractivity contribution >= 4 is 11.6 Å². The van der Waals surface area contributed by atoms with Gasteiger partial charge in [0.1, 0.15) is 23.2 Å². The molecule has 2 rings (SSSR count). The van der Waals surface area contributed by atoms with Gasteiger partial charge in [-0.2, -0.15) is 0 Å². The number of benzene rings is 1. The Kier molecular flexibility index (Phi) is 4.98. The summed E-state index contributed by atoms with van der Waals surface area (Å²) in [6.45, 7) is 4.84. The van der Waals surface area contributed by atoms with Gasteiger partial charge in [0.05, 0.1) is 0 Å². The maximum atomic E-state index is 9.27. The molecule has 0 saturated heterocycles. The largest absolute Gasteiger partial charge is 0.508 e. The van der Waals surface area contributed by atoms with Crippen LogP contribution in [0, 0.1) is 6.92 Å². The van der Waals surface area contributed by atoms with E-state index in [4.69, 9.17) is 0 Å². The minimum atomic E-state index is 0.296. The predicted molar refractivity (Wildman–Crippen MR) is 86.0 cm³/mol. The van der Waals surface area contributed by atoms with Crippen molar-refractivity contribution in [1.82, 2.24) is 9.97 Å². The van der Waals surface area contributed by atoms with Crippen LogP contribution in [0.25, 0.3) is 0 Å². The van der Waals surface area contributed by atoms with Gasteiger partial charge in [-0.1, -0.05) is 19.1 Å². The van der Waals surface area contributed by atoms with E-state index in [1.807, 2.05) is 33.0 Å². The summed E-state index contributed by atoms with van der Waals surface area (Å²) in [6.07, 6.45) is 1.68. The zero-order valence-electron chi connectivity index (χ0n) is 12.8. The lowest BCUT2D eigenvalue weighted by molar-refractivity contribution is 0.475. The van der Waals surface area contributed by atoms with Crippen molar-refractivity contribution in [2.45, 2.75) is 26.7 Å². The standard InChI is InChI=1S/C16H22N4O/c1-4-14-19-15(17-3)11(2)16(20-14)18-10-9-12-5-7-13(21)8-6-12/h5-8,21H,4,9-10H2,1-3H3,(H2,17,18,19,20). The smallest absolute Gasteiger partial charge is 0.134 e. The van der Waals surface area contributed by atoms with Crippen molar-refractivity contribution in [2.24, 2.45) is 0 Å². The minimum absolute atomic E-state index is 0.296. The maximum Gasteiger partial charge on any atom is 0.134 e. The van der Waals surface area contributed by atoms with E-state index in [1.54, 1.807) is 12.1 Å². The lowest BCUT2D eigenvalue weighted by atomic mass is 10.1. The van der Waals surface area contributed by atoms with E-state index in [1.165, 1.54) is 5.56 Å². The van der Waals surface area contributed by atoms with Gasteiger partial charge < -0.3 is 15.7 Å². The molecule has 0 spiro atoms. The average molecular weight is 286 g/mol. The Labute approximate surface area is 125 Å². The van der Waals surface area contributed by atoms with Crippen LogP contribution in [0.3, 0.4) is 0 Å². The molecular formula is C16H22N4O. The molecule has 0 unspecified atom stereocenters. The van der Waals surface area contributed by atoms with E-state index in [9.17, 15) is 5.11 Å². The van der Waals surface area contributed by atoms with Gasteiger partial charge in [-0.15, -0.1) is 0 Å². The lowest BCUT2D eigenvalue weighted by Gasteiger charge is -2.13. The molecule has 0 atom stereocenters. The Hall–Kier alpha value is -2.30. The Morgan fingerprint density at radius 3 is 2.38 bits per heavy atom. The highest BCUT2D eigenvalue weighted by atomic mass is 16.3. The highest BCUT2D eigenvalue weighted by Crippen LogP contribution is 2.20. The van der Waals surface area contributed by atoms with Crippen molar-refractivity contribution in [3.05, 3.63) is 41.2 Å². The summed E-state index contributed by atoms with van der Waals surface area (Å²) in [6, 6.07) is 7.28. The topological polar surface area (TPSA) is 70.1 Å². The second kappa shape index (κ2) is 6.92. The number of hydrogen-bond acceptors (Lipinski definition) is 5. The molecule has 2 aromatic rings. The van der Waals surface area contributed by atoms with Crippen LogP contribution >= 0.6 is 0 Å². The van der Waals surface area contributed by atoms with Crippen molar-refractivity contribution in [3.8, 4) is 5.75 Å². The van der Waals surface area contributed by atoms with E-state index in [0.717, 1.165) is 42.4 Å². The quantitative estimate of drug-likeness (QED) is 0.761. The van der Waals surface area contributed by atoms with E-state index in [2.05, 4.69) is 20.6 Å². The van der Waals surface area contributed by atoms with Crippen LogP contribution < -0.4 is 10.6 Å². The van der Waals surface area contributed by atoms with Gasteiger partial charge in [0.2, 0.25) is 0 Å². The third kappa shape index (κ3) is 3.84. The van der Waals surface area contributed by atoms with E-state index >= 15 is 0 Å². The van der Waals surface area contributed by atoms with Gasteiger partial charge in [-0.25, -0.2) is 9.97 Å². The molecular weight excluding hydrogens is 264 g/mol. The molecule has 0 aliphatic heterocycles. The number of hydrogen-bond donors (Lipinski definition) is 3. The first-order chi connectivity index (χ1) is 10.1. The van der Waals surface area contributed by atoms with Crippen LogP contribution in [-0.4, -0.2) is 28.7 Å². The fourth-order valence-corrected chi connectivity index (χ4v) is 2.12. The molecule has 5 nitrogen and oxygen atoms in total. The number of anilines is 2. The number of aromatic hydroxyl groups is 1. The Bertz CT molecular complexity index is 596. The Morgan fingerprint density at radius 1 is 1.10 bits per heavy atom. The first-order valence-corrected chi connectivity index (χ1v) is 7.21. The molecule has 1 aromatic carbocycles. The second-order valence-corrected chi connectivity index (χ2v) is 4.91. The number of aromatic nitrogens is 2. The van der Waals surface area contributed by atoms with Crippen molar-refractivity contribution in [3.63, 3.8) is 0 Å². The summed E-state index contributed by atoms with van der Waals surface area (Å²) >= 11 is 0. The zero-order chi connectivity index (χ0) is 15.2. The molecule has 0 bridgehead atoms. The second-order valence-electron chi connectivity index (χ2n) is 4.91. The zero-order valence-corrected chi connectivity index (χ0v) is 12.8. The van der Waals surface area contributed by atoms with E-state index in [-0.39, 0.29) is 0 Å². The molecule has 21 heavy (non-hydrogen) atoms. The van der Waals surface area contributed by atoms with Gasteiger partial charge in [0.15, 0.2) is 0 Å². The summed E-state index contributed by atoms with van der Waals surface area (Å²) in [7, 11) is 1.87. The predicted octanol–water partition coefficient (Wildman–Crippen LogP) is 2.75. The lowest BCUT2D eigenvalue weighted by Crippen LogP contribution is -2.11. The highest BCUT2D eigenvalue weighted by molar-refractivity contribution is 5.57. The van der Waals surface area contributed by atoms with Crippen molar-refractivity contribution < 1.29 is 5.11 Å².